The number of hydrogen-bond acceptors (Lipinski definition) is 6. The fourth-order valence-electron chi connectivity index (χ4n) is 3.55. The van der Waals surface area contributed by atoms with Crippen LogP contribution in [-0.4, -0.2) is 46.0 Å². The Morgan fingerprint density at radius 3 is 2.70 bits per heavy atom. The summed E-state index contributed by atoms with van der Waals surface area (Å²) >= 11 is 0. The van der Waals surface area contributed by atoms with E-state index in [1.165, 1.54) is 7.11 Å². The number of hydrogen-bond donors (Lipinski definition) is 2. The normalized spacial score (nSPS) is 17.1. The number of methoxy groups -OCH3 is 2. The van der Waals surface area contributed by atoms with Gasteiger partial charge >= 0.3 is 6.03 Å². The second-order valence-corrected chi connectivity index (χ2v) is 7.02. The number of urea groups is 1. The summed E-state index contributed by atoms with van der Waals surface area (Å²) in [6.45, 7) is 1.09. The van der Waals surface area contributed by atoms with Gasteiger partial charge in [-0.3, -0.25) is 4.79 Å². The van der Waals surface area contributed by atoms with E-state index in [-0.39, 0.29) is 24.6 Å². The summed E-state index contributed by atoms with van der Waals surface area (Å²) in [6, 6.07) is 10.2. The summed E-state index contributed by atoms with van der Waals surface area (Å²) in [5.74, 6) is 2.44. The Balaban J connectivity index is 1.31. The maximum atomic E-state index is 12.5. The molecule has 0 aliphatic carbocycles. The van der Waals surface area contributed by atoms with Crippen molar-refractivity contribution in [3.63, 3.8) is 0 Å². The number of nitrogens with one attached hydrogen (secondary N) is 2. The van der Waals surface area contributed by atoms with Crippen molar-refractivity contribution in [3.05, 3.63) is 36.4 Å². The van der Waals surface area contributed by atoms with Crippen LogP contribution in [0.2, 0.25) is 0 Å². The van der Waals surface area contributed by atoms with E-state index in [1.54, 1.807) is 42.3 Å². The molecule has 0 radical (unpaired) electrons. The van der Waals surface area contributed by atoms with Gasteiger partial charge in [0.25, 0.3) is 0 Å². The molecule has 2 aliphatic heterocycles. The maximum Gasteiger partial charge on any atom is 0.319 e. The molecule has 9 heteroatoms. The average Bonchev–Trinajstić information content (AvgIpc) is 3.37. The van der Waals surface area contributed by atoms with Crippen LogP contribution in [0.15, 0.2) is 36.4 Å². The first-order valence-corrected chi connectivity index (χ1v) is 9.54. The zero-order valence-corrected chi connectivity index (χ0v) is 16.8. The molecule has 0 bridgehead atoms. The highest BCUT2D eigenvalue weighted by Crippen LogP contribution is 2.37. The molecule has 0 saturated carbocycles. The Hall–Kier alpha value is -3.62. The second kappa shape index (κ2) is 8.40. The van der Waals surface area contributed by atoms with Crippen LogP contribution in [0, 0.1) is 5.92 Å². The van der Waals surface area contributed by atoms with E-state index in [9.17, 15) is 9.59 Å². The predicted molar refractivity (Wildman–Crippen MR) is 110 cm³/mol. The van der Waals surface area contributed by atoms with Gasteiger partial charge in [-0.2, -0.15) is 0 Å². The van der Waals surface area contributed by atoms with Crippen LogP contribution in [0.1, 0.15) is 6.42 Å². The van der Waals surface area contributed by atoms with E-state index in [0.717, 1.165) is 5.69 Å². The average molecular weight is 413 g/mol. The third-order valence-electron chi connectivity index (χ3n) is 5.07. The fraction of sp³-hybridized carbons (Fsp3) is 0.333. The van der Waals surface area contributed by atoms with E-state index in [1.807, 2.05) is 6.07 Å². The Kier molecular flexibility index (Phi) is 5.51. The standard InChI is InChI=1S/C21H23N3O6/c1-27-16-5-3-14(8-18(16)28-2)23-21(26)22-10-13-7-20(25)24(11-13)15-4-6-17-19(9-15)30-12-29-17/h3-6,8-9,13H,7,10-12H2,1-2H3,(H2,22,23,26)/t13-/m1/s1. The monoisotopic (exact) mass is 413 g/mol. The molecule has 0 aromatic heterocycles. The summed E-state index contributed by atoms with van der Waals surface area (Å²) in [5, 5.41) is 5.59. The zero-order valence-electron chi connectivity index (χ0n) is 16.8. The van der Waals surface area contributed by atoms with Crippen LogP contribution in [-0.2, 0) is 4.79 Å². The van der Waals surface area contributed by atoms with Crippen molar-refractivity contribution in [1.82, 2.24) is 5.32 Å². The quantitative estimate of drug-likeness (QED) is 0.756. The number of amides is 3. The number of nitrogens with zero attached hydrogens (tertiary/aromatic N) is 1. The molecule has 3 amide bonds. The van der Waals surface area contributed by atoms with Crippen molar-refractivity contribution in [2.75, 3.05) is 44.3 Å². The Bertz CT molecular complexity index is 964. The van der Waals surface area contributed by atoms with Crippen molar-refractivity contribution >= 4 is 23.3 Å². The maximum absolute atomic E-state index is 12.5. The minimum absolute atomic E-state index is 0.0130. The number of benzene rings is 2. The van der Waals surface area contributed by atoms with Crippen LogP contribution >= 0.6 is 0 Å². The Morgan fingerprint density at radius 2 is 1.90 bits per heavy atom. The Labute approximate surface area is 173 Å². The molecule has 2 aromatic rings. The van der Waals surface area contributed by atoms with Crippen LogP contribution < -0.4 is 34.5 Å². The van der Waals surface area contributed by atoms with E-state index >= 15 is 0 Å². The molecule has 158 valence electrons. The largest absolute Gasteiger partial charge is 0.493 e. The number of rotatable bonds is 6. The van der Waals surface area contributed by atoms with Crippen molar-refractivity contribution in [3.8, 4) is 23.0 Å². The SMILES string of the molecule is COc1ccc(NC(=O)NC[C@H]2CC(=O)N(c3ccc4c(c3)OCO4)C2)cc1OC. The highest BCUT2D eigenvalue weighted by atomic mass is 16.7. The smallest absolute Gasteiger partial charge is 0.319 e. The third-order valence-corrected chi connectivity index (χ3v) is 5.07. The first-order chi connectivity index (χ1) is 14.6. The molecule has 2 aliphatic rings. The molecule has 2 heterocycles. The molecule has 9 nitrogen and oxygen atoms in total. The Morgan fingerprint density at radius 1 is 1.10 bits per heavy atom. The number of anilines is 2. The van der Waals surface area contributed by atoms with E-state index in [2.05, 4.69) is 10.6 Å². The second-order valence-electron chi connectivity index (χ2n) is 7.02. The van der Waals surface area contributed by atoms with Crippen LogP contribution in [0.5, 0.6) is 23.0 Å². The van der Waals surface area contributed by atoms with Crippen molar-refractivity contribution in [2.24, 2.45) is 5.92 Å². The highest BCUT2D eigenvalue weighted by Gasteiger charge is 2.31. The molecule has 1 saturated heterocycles. The molecular formula is C21H23N3O6. The van der Waals surface area contributed by atoms with Gasteiger partial charge in [0.2, 0.25) is 12.7 Å². The molecule has 1 fully saturated rings. The van der Waals surface area contributed by atoms with Gasteiger partial charge < -0.3 is 34.5 Å². The first kappa shape index (κ1) is 19.7. The number of carbonyl (C=O) groups excluding carboxylic acids is 2. The van der Waals surface area contributed by atoms with Crippen LogP contribution in [0.4, 0.5) is 16.2 Å². The van der Waals surface area contributed by atoms with Crippen LogP contribution in [0.25, 0.3) is 0 Å². The lowest BCUT2D eigenvalue weighted by atomic mass is 10.1. The predicted octanol–water partition coefficient (Wildman–Crippen LogP) is 2.61. The van der Waals surface area contributed by atoms with Crippen molar-refractivity contribution < 1.29 is 28.5 Å². The van der Waals surface area contributed by atoms with Gasteiger partial charge in [-0.15, -0.1) is 0 Å². The van der Waals surface area contributed by atoms with Gasteiger partial charge in [-0.05, 0) is 24.3 Å². The van der Waals surface area contributed by atoms with E-state index in [4.69, 9.17) is 18.9 Å². The van der Waals surface area contributed by atoms with Crippen molar-refractivity contribution in [2.45, 2.75) is 6.42 Å². The number of fused-ring (bicyclic) bond motifs is 1. The van der Waals surface area contributed by atoms with Gasteiger partial charge in [0.1, 0.15) is 0 Å². The molecule has 30 heavy (non-hydrogen) atoms. The lowest BCUT2D eigenvalue weighted by Gasteiger charge is -2.17. The highest BCUT2D eigenvalue weighted by molar-refractivity contribution is 5.96. The van der Waals surface area contributed by atoms with E-state index < -0.39 is 0 Å². The van der Waals surface area contributed by atoms with Gasteiger partial charge in [0.05, 0.1) is 14.2 Å². The summed E-state index contributed by atoms with van der Waals surface area (Å²) < 4.78 is 21.1. The summed E-state index contributed by atoms with van der Waals surface area (Å²) in [4.78, 5) is 26.4. The number of ether oxygens (including phenoxy) is 4. The molecule has 2 N–H and O–H groups in total. The molecule has 4 rings (SSSR count). The lowest BCUT2D eigenvalue weighted by molar-refractivity contribution is -0.117. The number of carbonyl (C=O) groups is 2. The molecule has 0 spiro atoms. The molecule has 2 aromatic carbocycles. The molecular weight excluding hydrogens is 390 g/mol. The van der Waals surface area contributed by atoms with Crippen LogP contribution in [0.3, 0.4) is 0 Å². The third kappa shape index (κ3) is 4.05. The van der Waals surface area contributed by atoms with E-state index in [0.29, 0.717) is 48.2 Å². The summed E-state index contributed by atoms with van der Waals surface area (Å²) in [5.41, 5.74) is 1.34. The van der Waals surface area contributed by atoms with Gasteiger partial charge in [0.15, 0.2) is 23.0 Å². The topological polar surface area (TPSA) is 98.4 Å². The van der Waals surface area contributed by atoms with Crippen molar-refractivity contribution in [1.29, 1.82) is 0 Å². The van der Waals surface area contributed by atoms with Gasteiger partial charge in [-0.25, -0.2) is 4.79 Å². The zero-order chi connectivity index (χ0) is 21.1. The van der Waals surface area contributed by atoms with Gasteiger partial charge in [-0.1, -0.05) is 0 Å². The summed E-state index contributed by atoms with van der Waals surface area (Å²) in [7, 11) is 3.08. The van der Waals surface area contributed by atoms with Gasteiger partial charge in [0, 0.05) is 48.9 Å². The lowest BCUT2D eigenvalue weighted by Crippen LogP contribution is -2.34. The fourth-order valence-corrected chi connectivity index (χ4v) is 3.55. The first-order valence-electron chi connectivity index (χ1n) is 9.54. The summed E-state index contributed by atoms with van der Waals surface area (Å²) in [6.07, 6.45) is 0.366. The molecule has 0 unspecified atom stereocenters. The molecule has 1 atom stereocenters. The minimum atomic E-state index is -0.351. The minimum Gasteiger partial charge on any atom is -0.493 e.